The van der Waals surface area contributed by atoms with Gasteiger partial charge < -0.3 is 34.1 Å². The van der Waals surface area contributed by atoms with Crippen LogP contribution in [0.25, 0.3) is 6.08 Å². The van der Waals surface area contributed by atoms with Gasteiger partial charge in [0.1, 0.15) is 36.4 Å². The molecule has 0 spiro atoms. The zero-order chi connectivity index (χ0) is 36.4. The van der Waals surface area contributed by atoms with Gasteiger partial charge in [-0.15, -0.1) is 0 Å². The van der Waals surface area contributed by atoms with Crippen LogP contribution in [-0.4, -0.2) is 96.1 Å². The number of fused-ring (bicyclic) bond motifs is 4. The number of carbonyl (C=O) groups is 4. The number of nitrogens with one attached hydrogen (secondary N) is 1. The number of aliphatic hydroxyl groups excluding tert-OH is 1. The minimum atomic E-state index is -1.36. The molecule has 5 fully saturated rings. The van der Waals surface area contributed by atoms with Crippen LogP contribution in [0.5, 0.6) is 0 Å². The molecule has 1 aromatic carbocycles. The molecule has 1 aromatic rings. The highest BCUT2D eigenvalue weighted by Gasteiger charge is 2.76. The molecule has 7 atom stereocenters. The number of hydroxylamine groups is 2. The molecule has 1 saturated carbocycles. The third-order valence-electron chi connectivity index (χ3n) is 10.9. The van der Waals surface area contributed by atoms with Crippen molar-refractivity contribution in [2.24, 2.45) is 10.8 Å². The molecule has 1 amide bonds. The Morgan fingerprint density at radius 1 is 1.02 bits per heavy atom. The number of ether oxygens (including phenoxy) is 5. The van der Waals surface area contributed by atoms with Crippen LogP contribution in [0.3, 0.4) is 0 Å². The Morgan fingerprint density at radius 3 is 2.39 bits per heavy atom. The Labute approximate surface area is 299 Å². The minimum Gasteiger partial charge on any atom is -0.462 e. The zero-order valence-corrected chi connectivity index (χ0v) is 30.1. The first-order chi connectivity index (χ1) is 24.5. The highest BCUT2D eigenvalue weighted by Crippen LogP contribution is 2.58. The maximum Gasteiger partial charge on any atom is 0.348 e. The Kier molecular flexibility index (Phi) is 11.2. The fourth-order valence-electron chi connectivity index (χ4n) is 8.29. The second-order valence-electron chi connectivity index (χ2n) is 15.1. The molecular formula is C38H52N2O11. The van der Waals surface area contributed by atoms with Gasteiger partial charge in [0.15, 0.2) is 11.8 Å². The van der Waals surface area contributed by atoms with Gasteiger partial charge in [-0.3, -0.25) is 14.4 Å². The van der Waals surface area contributed by atoms with Gasteiger partial charge in [0.2, 0.25) is 12.0 Å². The van der Waals surface area contributed by atoms with Gasteiger partial charge >= 0.3 is 17.9 Å². The fourth-order valence-corrected chi connectivity index (χ4v) is 8.29. The summed E-state index contributed by atoms with van der Waals surface area (Å²) in [6.45, 7) is 7.87. The number of rotatable bonds is 16. The molecule has 0 aromatic heterocycles. The summed E-state index contributed by atoms with van der Waals surface area (Å²) in [5, 5.41) is 13.9. The van der Waals surface area contributed by atoms with Gasteiger partial charge in [0, 0.05) is 37.3 Å². The number of amides is 1. The van der Waals surface area contributed by atoms with E-state index in [9.17, 15) is 24.3 Å². The van der Waals surface area contributed by atoms with E-state index >= 15 is 0 Å². The van der Waals surface area contributed by atoms with E-state index in [1.54, 1.807) is 26.0 Å². The smallest absolute Gasteiger partial charge is 0.348 e. The van der Waals surface area contributed by atoms with E-state index in [4.69, 9.17) is 28.5 Å². The molecule has 13 nitrogen and oxygen atoms in total. The third kappa shape index (κ3) is 7.20. The predicted molar refractivity (Wildman–Crippen MR) is 182 cm³/mol. The van der Waals surface area contributed by atoms with Gasteiger partial charge in [0.05, 0.1) is 13.2 Å². The van der Waals surface area contributed by atoms with E-state index in [1.165, 1.54) is 11.1 Å². The van der Waals surface area contributed by atoms with Crippen LogP contribution in [-0.2, 0) is 54.2 Å². The molecule has 13 heteroatoms. The second-order valence-corrected chi connectivity index (χ2v) is 15.1. The first-order valence-corrected chi connectivity index (χ1v) is 18.5. The molecule has 51 heavy (non-hydrogen) atoms. The topological polar surface area (TPSA) is 159 Å². The third-order valence-corrected chi connectivity index (χ3v) is 10.9. The van der Waals surface area contributed by atoms with Gasteiger partial charge in [-0.1, -0.05) is 77.6 Å². The van der Waals surface area contributed by atoms with Crippen LogP contribution in [0.4, 0.5) is 0 Å². The number of carbonyl (C=O) groups excluding carboxylic acids is 4. The van der Waals surface area contributed by atoms with Crippen molar-refractivity contribution < 1.29 is 52.8 Å². The Hall–Kier alpha value is -3.36. The summed E-state index contributed by atoms with van der Waals surface area (Å²) < 4.78 is 30.3. The molecule has 4 heterocycles. The van der Waals surface area contributed by atoms with E-state index in [0.717, 1.165) is 38.5 Å². The lowest BCUT2D eigenvalue weighted by Crippen LogP contribution is -2.69. The molecule has 280 valence electrons. The lowest BCUT2D eigenvalue weighted by Gasteiger charge is -2.48. The van der Waals surface area contributed by atoms with Crippen molar-refractivity contribution in [3.8, 4) is 0 Å². The van der Waals surface area contributed by atoms with Gasteiger partial charge in [-0.05, 0) is 30.0 Å². The quantitative estimate of drug-likeness (QED) is 0.111. The molecule has 1 aliphatic carbocycles. The summed E-state index contributed by atoms with van der Waals surface area (Å²) >= 11 is 0. The minimum absolute atomic E-state index is 0.0165. The molecular weight excluding hydrogens is 660 g/mol. The summed E-state index contributed by atoms with van der Waals surface area (Å²) in [6, 6.07) is 6.18. The predicted octanol–water partition coefficient (Wildman–Crippen LogP) is 3.74. The maximum atomic E-state index is 14.2. The molecule has 6 rings (SSSR count). The number of benzene rings is 1. The van der Waals surface area contributed by atoms with Gasteiger partial charge in [-0.2, -0.15) is 5.06 Å². The first-order valence-electron chi connectivity index (χ1n) is 18.5. The van der Waals surface area contributed by atoms with Crippen molar-refractivity contribution in [1.29, 1.82) is 0 Å². The summed E-state index contributed by atoms with van der Waals surface area (Å²) in [7, 11) is 0. The summed E-state index contributed by atoms with van der Waals surface area (Å²) in [6.07, 6.45) is 6.47. The van der Waals surface area contributed by atoms with E-state index in [0.29, 0.717) is 24.0 Å². The summed E-state index contributed by atoms with van der Waals surface area (Å²) in [5.74, 6) is -3.15. The average molecular weight is 713 g/mol. The number of unbranched alkanes of at least 4 members (excludes halogenated alkanes) is 4. The second kappa shape index (κ2) is 15.3. The van der Waals surface area contributed by atoms with E-state index in [-0.39, 0.29) is 32.7 Å². The molecule has 0 radical (unpaired) electrons. The monoisotopic (exact) mass is 712 g/mol. The average Bonchev–Trinajstić information content (AvgIpc) is 3.74. The van der Waals surface area contributed by atoms with Crippen LogP contribution in [0.1, 0.15) is 96.6 Å². The first kappa shape index (κ1) is 37.4. The number of nitrogens with zero attached hydrogens (tertiary/aromatic N) is 1. The van der Waals surface area contributed by atoms with Crippen molar-refractivity contribution >= 4 is 29.9 Å². The summed E-state index contributed by atoms with van der Waals surface area (Å²) in [5.41, 5.74) is -0.658. The van der Waals surface area contributed by atoms with Gasteiger partial charge in [-0.25, -0.2) is 9.59 Å². The van der Waals surface area contributed by atoms with Gasteiger partial charge in [0.25, 0.3) is 0 Å². The molecule has 5 aliphatic rings. The van der Waals surface area contributed by atoms with Crippen molar-refractivity contribution in [1.82, 2.24) is 10.4 Å². The normalized spacial score (nSPS) is 31.7. The van der Waals surface area contributed by atoms with Crippen molar-refractivity contribution in [2.45, 2.75) is 134 Å². The number of hydrogen-bond donors (Lipinski definition) is 2. The highest BCUT2D eigenvalue weighted by atomic mass is 16.8. The Morgan fingerprint density at radius 2 is 1.73 bits per heavy atom. The van der Waals surface area contributed by atoms with Crippen LogP contribution in [0, 0.1) is 10.8 Å². The SMILES string of the molecule is CCCCCC1(CCCCC)O[C@@H]2[C@H]3ON(Cc4ccccc4C=CC(=O)O[C@H]4C(=O)OCC4(C)C)[C@H]4C(=O)OC(CC34C(=O)NCCO)[C@@H]2O1. The highest BCUT2D eigenvalue weighted by molar-refractivity contribution is 5.94. The van der Waals surface area contributed by atoms with Crippen LogP contribution in [0.15, 0.2) is 30.3 Å². The number of esters is 3. The van der Waals surface area contributed by atoms with Crippen molar-refractivity contribution in [3.63, 3.8) is 0 Å². The number of hydrogen-bond acceptors (Lipinski definition) is 12. The largest absolute Gasteiger partial charge is 0.462 e. The van der Waals surface area contributed by atoms with Crippen molar-refractivity contribution in [3.05, 3.63) is 41.5 Å². The lowest BCUT2D eigenvalue weighted by molar-refractivity contribution is -0.224. The van der Waals surface area contributed by atoms with Crippen LogP contribution < -0.4 is 5.32 Å². The molecule has 2 bridgehead atoms. The lowest BCUT2D eigenvalue weighted by atomic mass is 9.62. The van der Waals surface area contributed by atoms with Crippen LogP contribution in [0.2, 0.25) is 0 Å². The Balaban J connectivity index is 1.28. The van der Waals surface area contributed by atoms with Crippen molar-refractivity contribution in [2.75, 3.05) is 19.8 Å². The number of cyclic esters (lactones) is 1. The maximum absolute atomic E-state index is 14.2. The Bertz CT molecular complexity index is 1490. The number of aliphatic hydroxyl groups is 1. The standard InChI is InChI=1S/C38H52N2O11/c1-5-7-11-17-37(18-12-8-6-2)49-28-26-21-38(35(45)39-19-20-41)30(33(43)47-26)40(51-31(38)29(28)50-37)22-25-14-10-9-13-24(25)15-16-27(42)48-32-34(44)46-23-36(32,3)4/h9-10,13-16,26,28-32,41H,5-8,11-12,17-23H2,1-4H3,(H,39,45)/t26?,28-,29-,30-,31+,32-,38?/m0/s1. The molecule has 2 N–H and O–H groups in total. The van der Waals surface area contributed by atoms with E-state index in [2.05, 4.69) is 19.2 Å². The van der Waals surface area contributed by atoms with E-state index in [1.807, 2.05) is 18.2 Å². The zero-order valence-electron chi connectivity index (χ0n) is 30.1. The molecule has 2 unspecified atom stereocenters. The summed E-state index contributed by atoms with van der Waals surface area (Å²) in [4.78, 5) is 59.8. The van der Waals surface area contributed by atoms with E-state index < -0.39 is 77.0 Å². The van der Waals surface area contributed by atoms with Crippen LogP contribution >= 0.6 is 0 Å². The molecule has 4 aliphatic heterocycles. The fraction of sp³-hybridized carbons (Fsp3) is 0.684. The molecule has 4 saturated heterocycles.